The zero-order chi connectivity index (χ0) is 21.5. The zero-order valence-electron chi connectivity index (χ0n) is 17.2. The first kappa shape index (κ1) is 20.9. The summed E-state index contributed by atoms with van der Waals surface area (Å²) < 4.78 is 31.1. The lowest BCUT2D eigenvalue weighted by atomic mass is 10.1. The number of amides is 1. The van der Waals surface area contributed by atoms with E-state index in [-0.39, 0.29) is 29.2 Å². The summed E-state index contributed by atoms with van der Waals surface area (Å²) in [7, 11) is -1.23. The summed E-state index contributed by atoms with van der Waals surface area (Å²) in [5, 5.41) is 5.04. The molecular formula is C20H24N4O4S2. The third kappa shape index (κ3) is 4.24. The molecule has 0 bridgehead atoms. The molecular weight excluding hydrogens is 424 g/mol. The van der Waals surface area contributed by atoms with Crippen molar-refractivity contribution >= 4 is 38.6 Å². The molecule has 0 unspecified atom stereocenters. The summed E-state index contributed by atoms with van der Waals surface area (Å²) in [4.78, 5) is 18.7. The molecule has 1 fully saturated rings. The minimum atomic E-state index is -2.99. The minimum absolute atomic E-state index is 0.0442. The van der Waals surface area contributed by atoms with Crippen LogP contribution in [0.3, 0.4) is 0 Å². The van der Waals surface area contributed by atoms with Crippen LogP contribution < -0.4 is 0 Å². The maximum atomic E-state index is 12.6. The average Bonchev–Trinajstić information content (AvgIpc) is 3.36. The van der Waals surface area contributed by atoms with Crippen molar-refractivity contribution in [2.24, 2.45) is 0 Å². The minimum Gasteiger partial charge on any atom is -0.431 e. The maximum absolute atomic E-state index is 12.6. The van der Waals surface area contributed by atoms with E-state index in [1.807, 2.05) is 42.8 Å². The van der Waals surface area contributed by atoms with Gasteiger partial charge in [0, 0.05) is 24.8 Å². The van der Waals surface area contributed by atoms with Gasteiger partial charge in [0.1, 0.15) is 5.52 Å². The molecule has 0 N–H and O–H groups in total. The Labute approximate surface area is 179 Å². The van der Waals surface area contributed by atoms with Gasteiger partial charge in [-0.15, -0.1) is 0 Å². The third-order valence-electron chi connectivity index (χ3n) is 5.44. The first-order valence-electron chi connectivity index (χ1n) is 9.71. The van der Waals surface area contributed by atoms with Gasteiger partial charge in [-0.05, 0) is 32.4 Å². The first-order valence-corrected chi connectivity index (χ1v) is 12.5. The van der Waals surface area contributed by atoms with E-state index in [9.17, 15) is 13.2 Å². The van der Waals surface area contributed by atoms with Gasteiger partial charge in [-0.1, -0.05) is 23.9 Å². The monoisotopic (exact) mass is 448 g/mol. The van der Waals surface area contributed by atoms with Crippen LogP contribution in [0.4, 0.5) is 0 Å². The molecule has 0 radical (unpaired) electrons. The van der Waals surface area contributed by atoms with Crippen molar-refractivity contribution in [3.8, 4) is 0 Å². The molecule has 0 spiro atoms. The second kappa shape index (κ2) is 8.07. The average molecular weight is 449 g/mol. The lowest BCUT2D eigenvalue weighted by Gasteiger charge is -2.17. The smallest absolute Gasteiger partial charge is 0.257 e. The normalized spacial score (nSPS) is 18.2. The summed E-state index contributed by atoms with van der Waals surface area (Å²) in [5.41, 5.74) is 4.17. The molecule has 160 valence electrons. The summed E-state index contributed by atoms with van der Waals surface area (Å²) >= 11 is 1.27. The van der Waals surface area contributed by atoms with E-state index < -0.39 is 9.84 Å². The number of aryl methyl sites for hydroxylation is 1. The quantitative estimate of drug-likeness (QED) is 0.535. The lowest BCUT2D eigenvalue weighted by Crippen LogP contribution is -2.28. The van der Waals surface area contributed by atoms with E-state index in [1.165, 1.54) is 11.8 Å². The Morgan fingerprint density at radius 2 is 2.10 bits per heavy atom. The number of hydrogen-bond donors (Lipinski definition) is 0. The molecule has 0 aliphatic carbocycles. The van der Waals surface area contributed by atoms with Crippen molar-refractivity contribution in [3.05, 3.63) is 41.2 Å². The summed E-state index contributed by atoms with van der Waals surface area (Å²) in [6.07, 6.45) is 0.583. The molecule has 0 saturated carbocycles. The molecule has 4 rings (SSSR count). The number of sulfone groups is 1. The molecule has 8 nitrogen and oxygen atoms in total. The van der Waals surface area contributed by atoms with E-state index in [2.05, 4.69) is 10.1 Å². The van der Waals surface area contributed by atoms with Crippen molar-refractivity contribution in [1.29, 1.82) is 0 Å². The SMILES string of the molecule is Cc1nn([C@H]2CCS(=O)(=O)C2)c(C)c1CN(C)C(=O)CSc1nc2ccccc2o1. The predicted molar refractivity (Wildman–Crippen MR) is 115 cm³/mol. The molecule has 1 aromatic carbocycles. The Kier molecular flexibility index (Phi) is 5.63. The highest BCUT2D eigenvalue weighted by molar-refractivity contribution is 7.99. The largest absolute Gasteiger partial charge is 0.431 e. The number of oxazole rings is 1. The topological polar surface area (TPSA) is 98.3 Å². The fourth-order valence-electron chi connectivity index (χ4n) is 3.72. The molecule has 10 heteroatoms. The molecule has 1 atom stereocenters. The molecule has 30 heavy (non-hydrogen) atoms. The number of para-hydroxylation sites is 2. The number of fused-ring (bicyclic) bond motifs is 1. The van der Waals surface area contributed by atoms with Crippen molar-refractivity contribution in [1.82, 2.24) is 19.7 Å². The summed E-state index contributed by atoms with van der Waals surface area (Å²) in [5.74, 6) is 0.509. The Morgan fingerprint density at radius 3 is 2.80 bits per heavy atom. The van der Waals surface area contributed by atoms with E-state index in [4.69, 9.17) is 4.42 Å². The van der Waals surface area contributed by atoms with Gasteiger partial charge in [0.15, 0.2) is 15.4 Å². The summed E-state index contributed by atoms with van der Waals surface area (Å²) in [6, 6.07) is 7.36. The van der Waals surface area contributed by atoms with Crippen LogP contribution in [0.25, 0.3) is 11.1 Å². The maximum Gasteiger partial charge on any atom is 0.257 e. The van der Waals surface area contributed by atoms with E-state index >= 15 is 0 Å². The van der Waals surface area contributed by atoms with Gasteiger partial charge < -0.3 is 9.32 Å². The van der Waals surface area contributed by atoms with Crippen LogP contribution in [0, 0.1) is 13.8 Å². The van der Waals surface area contributed by atoms with E-state index in [0.717, 1.165) is 22.5 Å². The van der Waals surface area contributed by atoms with E-state index in [0.29, 0.717) is 23.8 Å². The molecule has 2 aromatic heterocycles. The number of hydrogen-bond acceptors (Lipinski definition) is 7. The number of benzene rings is 1. The van der Waals surface area contributed by atoms with Crippen molar-refractivity contribution < 1.29 is 17.6 Å². The summed E-state index contributed by atoms with van der Waals surface area (Å²) in [6.45, 7) is 4.25. The van der Waals surface area contributed by atoms with Crippen LogP contribution >= 0.6 is 11.8 Å². The van der Waals surface area contributed by atoms with Crippen LogP contribution in [0.2, 0.25) is 0 Å². The Bertz CT molecular complexity index is 1170. The van der Waals surface area contributed by atoms with Gasteiger partial charge >= 0.3 is 0 Å². The van der Waals surface area contributed by atoms with E-state index in [1.54, 1.807) is 11.9 Å². The highest BCUT2D eigenvalue weighted by atomic mass is 32.2. The van der Waals surface area contributed by atoms with Crippen molar-refractivity contribution in [3.63, 3.8) is 0 Å². The molecule has 1 aliphatic rings. The van der Waals surface area contributed by atoms with Crippen LogP contribution in [0.1, 0.15) is 29.4 Å². The van der Waals surface area contributed by atoms with Gasteiger partial charge in [-0.25, -0.2) is 13.4 Å². The van der Waals surface area contributed by atoms with Crippen molar-refractivity contribution in [2.45, 2.75) is 38.1 Å². The highest BCUT2D eigenvalue weighted by Crippen LogP contribution is 2.28. The Morgan fingerprint density at radius 1 is 1.33 bits per heavy atom. The molecule has 3 heterocycles. The van der Waals surface area contributed by atoms with Gasteiger partial charge in [0.05, 0.1) is 29.0 Å². The molecule has 1 saturated heterocycles. The predicted octanol–water partition coefficient (Wildman–Crippen LogP) is 2.75. The number of nitrogens with zero attached hydrogens (tertiary/aromatic N) is 4. The molecule has 1 aliphatic heterocycles. The number of aromatic nitrogens is 3. The zero-order valence-corrected chi connectivity index (χ0v) is 18.8. The second-order valence-corrected chi connectivity index (χ2v) is 10.8. The number of rotatable bonds is 6. The van der Waals surface area contributed by atoms with Gasteiger partial charge in [-0.2, -0.15) is 5.10 Å². The molecule has 1 amide bonds. The Hall–Kier alpha value is -2.33. The number of carbonyl (C=O) groups is 1. The second-order valence-electron chi connectivity index (χ2n) is 7.64. The van der Waals surface area contributed by atoms with Crippen LogP contribution in [0.5, 0.6) is 0 Å². The Balaban J connectivity index is 1.40. The van der Waals surface area contributed by atoms with Gasteiger partial charge in [0.2, 0.25) is 5.91 Å². The third-order valence-corrected chi connectivity index (χ3v) is 8.01. The standard InChI is InChI=1S/C20H24N4O4S2/c1-13-16(14(2)24(22-13)15-8-9-30(26,27)12-15)10-23(3)19(25)11-29-20-21-17-6-4-5-7-18(17)28-20/h4-7,15H,8-12H2,1-3H3/t15-/m0/s1. The van der Waals surface area contributed by atoms with Gasteiger partial charge in [-0.3, -0.25) is 9.48 Å². The van der Waals surface area contributed by atoms with Crippen LogP contribution in [0.15, 0.2) is 33.9 Å². The highest BCUT2D eigenvalue weighted by Gasteiger charge is 2.31. The lowest BCUT2D eigenvalue weighted by molar-refractivity contribution is -0.127. The first-order chi connectivity index (χ1) is 14.2. The molecule has 3 aromatic rings. The fourth-order valence-corrected chi connectivity index (χ4v) is 6.19. The van der Waals surface area contributed by atoms with Crippen molar-refractivity contribution in [2.75, 3.05) is 24.3 Å². The fraction of sp³-hybridized carbons (Fsp3) is 0.450. The van der Waals surface area contributed by atoms with Crippen LogP contribution in [-0.4, -0.2) is 58.3 Å². The number of thioether (sulfide) groups is 1. The number of carbonyl (C=O) groups excluding carboxylic acids is 1. The van der Waals surface area contributed by atoms with Gasteiger partial charge in [0.25, 0.3) is 5.22 Å². The van der Waals surface area contributed by atoms with Crippen LogP contribution in [-0.2, 0) is 21.2 Å².